The number of aliphatic hydroxyl groups excluding tert-OH is 1. The number of hydrogen-bond acceptors (Lipinski definition) is 2. The van der Waals surface area contributed by atoms with Gasteiger partial charge in [-0.05, 0) is 19.0 Å². The van der Waals surface area contributed by atoms with Gasteiger partial charge in [0.25, 0.3) is 0 Å². The minimum Gasteiger partial charge on any atom is -0.387 e. The van der Waals surface area contributed by atoms with E-state index in [-0.39, 0.29) is 50.1 Å². The van der Waals surface area contributed by atoms with Crippen LogP contribution in [0.2, 0.25) is 0 Å². The van der Waals surface area contributed by atoms with Crippen LogP contribution in [0.4, 0.5) is 0 Å². The van der Waals surface area contributed by atoms with Crippen molar-refractivity contribution < 1.29 is 49.2 Å². The molecule has 0 aliphatic carbocycles. The van der Waals surface area contributed by atoms with Gasteiger partial charge < -0.3 is 10.4 Å². The number of nitrogens with one attached hydrogen (secondary N) is 1. The zero-order valence-corrected chi connectivity index (χ0v) is 13.8. The predicted octanol–water partition coefficient (Wildman–Crippen LogP) is 1.36. The van der Waals surface area contributed by atoms with Crippen LogP contribution in [-0.4, -0.2) is 24.3 Å². The first-order valence-corrected chi connectivity index (χ1v) is 4.79. The van der Waals surface area contributed by atoms with Crippen LogP contribution in [0.1, 0.15) is 5.56 Å². The smallest absolute Gasteiger partial charge is 0.0874 e. The van der Waals surface area contributed by atoms with Crippen LogP contribution in [0.3, 0.4) is 0 Å². The molecule has 15 heavy (non-hydrogen) atoms. The van der Waals surface area contributed by atoms with Crippen molar-refractivity contribution in [3.05, 3.63) is 48.6 Å². The number of rotatable bonds is 5. The van der Waals surface area contributed by atoms with Gasteiger partial charge in [0.1, 0.15) is 0 Å². The Labute approximate surface area is 127 Å². The van der Waals surface area contributed by atoms with Crippen LogP contribution < -0.4 is 5.32 Å². The first kappa shape index (κ1) is 15.3. The van der Waals surface area contributed by atoms with E-state index in [1.54, 1.807) is 6.08 Å². The summed E-state index contributed by atoms with van der Waals surface area (Å²) in [4.78, 5) is 0. The van der Waals surface area contributed by atoms with Crippen LogP contribution in [0.5, 0.6) is 0 Å². The van der Waals surface area contributed by atoms with E-state index < -0.39 is 6.10 Å². The molecule has 0 aliphatic rings. The van der Waals surface area contributed by atoms with Gasteiger partial charge in [-0.25, -0.2) is 0 Å². The average molecular weight is 418 g/mol. The molecule has 0 spiro atoms. The molecule has 0 heterocycles. The van der Waals surface area contributed by atoms with Crippen molar-refractivity contribution in [1.29, 1.82) is 0 Å². The third kappa shape index (κ3) is 5.27. The Kier molecular flexibility index (Phi) is 8.65. The fraction of sp³-hybridized carbons (Fsp3) is 0.333. The van der Waals surface area contributed by atoms with Gasteiger partial charge >= 0.3 is 0 Å². The standard InChI is InChI=1S/C12H17NO.Ac/c1-3-12(14)11(13-2)9-10-7-5-4-6-8-10;/h3-8,11-14H,1,9H2,2H3;/t11-,12+;/m0./s1. The van der Waals surface area contributed by atoms with Crippen LogP contribution in [0.25, 0.3) is 0 Å². The van der Waals surface area contributed by atoms with Crippen LogP contribution in [0, 0.1) is 44.1 Å². The molecule has 2 nitrogen and oxygen atoms in total. The maximum atomic E-state index is 9.60. The van der Waals surface area contributed by atoms with Crippen LogP contribution in [0.15, 0.2) is 43.0 Å². The van der Waals surface area contributed by atoms with Crippen LogP contribution >= 0.6 is 0 Å². The summed E-state index contributed by atoms with van der Waals surface area (Å²) < 4.78 is 0. The molecule has 0 saturated heterocycles. The second-order valence-electron chi connectivity index (χ2n) is 3.31. The zero-order valence-electron chi connectivity index (χ0n) is 9.06. The van der Waals surface area contributed by atoms with Gasteiger partial charge in [0.2, 0.25) is 0 Å². The summed E-state index contributed by atoms with van der Waals surface area (Å²) in [5, 5.41) is 12.7. The molecule has 0 aromatic heterocycles. The average Bonchev–Trinajstić information content (AvgIpc) is 2.26. The summed E-state index contributed by atoms with van der Waals surface area (Å²) in [5.41, 5.74) is 1.22. The first-order chi connectivity index (χ1) is 6.77. The molecule has 1 rings (SSSR count). The molecule has 3 heteroatoms. The van der Waals surface area contributed by atoms with Crippen LogP contribution in [-0.2, 0) is 6.42 Å². The first-order valence-electron chi connectivity index (χ1n) is 4.79. The van der Waals surface area contributed by atoms with E-state index in [9.17, 15) is 5.11 Å². The Morgan fingerprint density at radius 1 is 1.40 bits per heavy atom. The molecule has 0 bridgehead atoms. The van der Waals surface area contributed by atoms with Crippen molar-refractivity contribution in [3.63, 3.8) is 0 Å². The maximum absolute atomic E-state index is 9.60. The molecule has 2 N–H and O–H groups in total. The van der Waals surface area contributed by atoms with Crippen molar-refractivity contribution >= 4 is 0 Å². The Bertz CT molecular complexity index is 276. The normalized spacial score (nSPS) is 13.7. The number of benzene rings is 1. The SMILES string of the molecule is C=C[C@@H](O)[C@H](Cc1ccccc1)NC.[Ac]. The maximum Gasteiger partial charge on any atom is 0.0874 e. The fourth-order valence-corrected chi connectivity index (χ4v) is 1.43. The molecule has 0 unspecified atom stereocenters. The Hall–Kier alpha value is 0.322. The molecule has 1 aromatic rings. The molecular weight excluding hydrogens is 401 g/mol. The van der Waals surface area contributed by atoms with Crippen molar-refractivity contribution in [2.75, 3.05) is 7.05 Å². The van der Waals surface area contributed by atoms with E-state index >= 15 is 0 Å². The largest absolute Gasteiger partial charge is 0.387 e. The van der Waals surface area contributed by atoms with Gasteiger partial charge in [-0.3, -0.25) is 0 Å². The van der Waals surface area contributed by atoms with E-state index in [4.69, 9.17) is 0 Å². The monoisotopic (exact) mass is 418 g/mol. The van der Waals surface area contributed by atoms with Crippen molar-refractivity contribution in [1.82, 2.24) is 5.32 Å². The molecule has 1 radical (unpaired) electrons. The van der Waals surface area contributed by atoms with Gasteiger partial charge in [0.15, 0.2) is 0 Å². The molecule has 0 fully saturated rings. The van der Waals surface area contributed by atoms with Crippen molar-refractivity contribution in [3.8, 4) is 0 Å². The Morgan fingerprint density at radius 3 is 2.47 bits per heavy atom. The molecule has 0 aliphatic heterocycles. The van der Waals surface area contributed by atoms with E-state index in [0.717, 1.165) is 6.42 Å². The van der Waals surface area contributed by atoms with E-state index in [2.05, 4.69) is 24.0 Å². The van der Waals surface area contributed by atoms with Crippen molar-refractivity contribution in [2.45, 2.75) is 18.6 Å². The summed E-state index contributed by atoms with van der Waals surface area (Å²) in [6, 6.07) is 10.1. The molecule has 1 aromatic carbocycles. The second-order valence-corrected chi connectivity index (χ2v) is 3.31. The predicted molar refractivity (Wildman–Crippen MR) is 59.2 cm³/mol. The number of hydrogen-bond donors (Lipinski definition) is 2. The minimum atomic E-state index is -0.500. The van der Waals surface area contributed by atoms with Gasteiger partial charge in [-0.15, -0.1) is 6.58 Å². The van der Waals surface area contributed by atoms with Gasteiger partial charge in [-0.1, -0.05) is 36.4 Å². The van der Waals surface area contributed by atoms with E-state index in [0.29, 0.717) is 0 Å². The summed E-state index contributed by atoms with van der Waals surface area (Å²) in [5.74, 6) is 0. The minimum absolute atomic E-state index is 0. The summed E-state index contributed by atoms with van der Waals surface area (Å²) in [7, 11) is 1.85. The van der Waals surface area contributed by atoms with Gasteiger partial charge in [-0.2, -0.15) is 0 Å². The van der Waals surface area contributed by atoms with Gasteiger partial charge in [0, 0.05) is 50.1 Å². The fourth-order valence-electron chi connectivity index (χ4n) is 1.43. The molecule has 0 saturated carbocycles. The third-order valence-corrected chi connectivity index (χ3v) is 2.32. The topological polar surface area (TPSA) is 32.3 Å². The van der Waals surface area contributed by atoms with E-state index in [1.807, 2.05) is 25.2 Å². The number of likely N-dealkylation sites (N-methyl/N-ethyl adjacent to an activating group) is 1. The second kappa shape index (κ2) is 8.47. The molecule has 0 amide bonds. The summed E-state index contributed by atoms with van der Waals surface area (Å²) in [6.45, 7) is 3.58. The molecular formula is C12H17AcNO. The van der Waals surface area contributed by atoms with E-state index in [1.165, 1.54) is 5.56 Å². The van der Waals surface area contributed by atoms with Crippen molar-refractivity contribution in [2.24, 2.45) is 0 Å². The Morgan fingerprint density at radius 2 is 2.00 bits per heavy atom. The number of aliphatic hydroxyl groups is 1. The zero-order chi connectivity index (χ0) is 10.4. The van der Waals surface area contributed by atoms with Gasteiger partial charge in [0.05, 0.1) is 6.10 Å². The molecule has 79 valence electrons. The quantitative estimate of drug-likeness (QED) is 0.709. The third-order valence-electron chi connectivity index (χ3n) is 2.32. The summed E-state index contributed by atoms with van der Waals surface area (Å²) in [6.07, 6.45) is 1.87. The summed E-state index contributed by atoms with van der Waals surface area (Å²) >= 11 is 0. The Balaban J connectivity index is 0.00000196. The molecule has 2 atom stereocenters.